The molecule has 0 aliphatic carbocycles. The topological polar surface area (TPSA) is 48.5 Å². The largest absolute Gasteiger partial charge is 0.416 e. The number of hydrogen-bond acceptors (Lipinski definition) is 4. The fraction of sp³-hybridized carbons (Fsp3) is 0.333. The summed E-state index contributed by atoms with van der Waals surface area (Å²) in [5.41, 5.74) is -1.63. The van der Waals surface area contributed by atoms with Gasteiger partial charge in [-0.25, -0.2) is 0 Å². The second kappa shape index (κ2) is 13.4. The number of amides is 1. The average Bonchev–Trinajstić information content (AvgIpc) is 3.00. The molecule has 1 N–H and O–H groups in total. The molecule has 44 heavy (non-hydrogen) atoms. The minimum absolute atomic E-state index is 0.0453. The second-order valence-corrected chi connectivity index (χ2v) is 11.0. The zero-order valence-electron chi connectivity index (χ0n) is 23.8. The van der Waals surface area contributed by atoms with E-state index in [1.165, 1.54) is 4.90 Å². The number of halogens is 6. The summed E-state index contributed by atoms with van der Waals surface area (Å²) in [6.07, 6.45) is -5.35. The molecule has 0 spiro atoms. The van der Waals surface area contributed by atoms with Crippen molar-refractivity contribution in [2.45, 2.75) is 37.8 Å². The fourth-order valence-electron chi connectivity index (χ4n) is 5.61. The molecule has 1 atom stereocenters. The number of benzene rings is 3. The molecular weight excluding hydrogens is 582 g/mol. The first-order valence-electron chi connectivity index (χ1n) is 14.4. The Balaban J connectivity index is 1.34. The molecule has 5 nitrogen and oxygen atoms in total. The molecule has 5 rings (SSSR count). The summed E-state index contributed by atoms with van der Waals surface area (Å²) in [4.78, 5) is 21.4. The predicted octanol–water partition coefficient (Wildman–Crippen LogP) is 6.82. The summed E-state index contributed by atoms with van der Waals surface area (Å²) < 4.78 is 81.3. The van der Waals surface area contributed by atoms with Crippen molar-refractivity contribution in [3.63, 3.8) is 0 Å². The SMILES string of the molecule is O=C(c1cc(C(F)(F)F)cc(C(F)(F)F)c1)N1CCN(CCCNCc2cccnc2)C[C@H]1Cc1ccc2ccccc2c1. The van der Waals surface area contributed by atoms with E-state index in [0.717, 1.165) is 41.4 Å². The molecule has 4 aromatic rings. The van der Waals surface area contributed by atoms with Gasteiger partial charge in [0.25, 0.3) is 5.91 Å². The maximum absolute atomic E-state index is 13.7. The molecule has 11 heteroatoms. The van der Waals surface area contributed by atoms with Gasteiger partial charge in [0, 0.05) is 50.2 Å². The Hall–Kier alpha value is -3.96. The normalized spacial score (nSPS) is 16.4. The second-order valence-electron chi connectivity index (χ2n) is 11.0. The van der Waals surface area contributed by atoms with Crippen molar-refractivity contribution in [1.82, 2.24) is 20.1 Å². The van der Waals surface area contributed by atoms with E-state index >= 15 is 0 Å². The van der Waals surface area contributed by atoms with Crippen LogP contribution in [0.5, 0.6) is 0 Å². The third-order valence-corrected chi connectivity index (χ3v) is 7.83. The number of fused-ring (bicyclic) bond motifs is 1. The van der Waals surface area contributed by atoms with Crippen LogP contribution < -0.4 is 5.32 Å². The van der Waals surface area contributed by atoms with E-state index in [0.29, 0.717) is 38.2 Å². The highest BCUT2D eigenvalue weighted by Gasteiger charge is 2.39. The van der Waals surface area contributed by atoms with Gasteiger partial charge in [-0.2, -0.15) is 26.3 Å². The fourth-order valence-corrected chi connectivity index (χ4v) is 5.61. The molecule has 0 unspecified atom stereocenters. The smallest absolute Gasteiger partial charge is 0.333 e. The van der Waals surface area contributed by atoms with Crippen LogP contribution >= 0.6 is 0 Å². The monoisotopic (exact) mass is 614 g/mol. The van der Waals surface area contributed by atoms with Crippen molar-refractivity contribution in [2.75, 3.05) is 32.7 Å². The summed E-state index contributed by atoms with van der Waals surface area (Å²) >= 11 is 0. The van der Waals surface area contributed by atoms with Gasteiger partial charge in [0.15, 0.2) is 0 Å². The van der Waals surface area contributed by atoms with Crippen LogP contribution in [0.15, 0.2) is 85.2 Å². The van der Waals surface area contributed by atoms with Crippen molar-refractivity contribution in [3.8, 4) is 0 Å². The first-order valence-corrected chi connectivity index (χ1v) is 14.4. The van der Waals surface area contributed by atoms with Gasteiger partial charge in [-0.15, -0.1) is 0 Å². The molecule has 232 valence electrons. The number of carbonyl (C=O) groups is 1. The Morgan fingerprint density at radius 1 is 0.841 bits per heavy atom. The Kier molecular flexibility index (Phi) is 9.55. The number of rotatable bonds is 9. The first-order chi connectivity index (χ1) is 21.0. The lowest BCUT2D eigenvalue weighted by atomic mass is 9.97. The number of aromatic nitrogens is 1. The molecule has 1 fully saturated rings. The van der Waals surface area contributed by atoms with Gasteiger partial charge in [0.05, 0.1) is 11.1 Å². The van der Waals surface area contributed by atoms with Gasteiger partial charge < -0.3 is 10.2 Å². The van der Waals surface area contributed by atoms with Crippen molar-refractivity contribution in [1.29, 1.82) is 0 Å². The van der Waals surface area contributed by atoms with Crippen LogP contribution in [0, 0.1) is 0 Å². The van der Waals surface area contributed by atoms with Crippen molar-refractivity contribution in [2.24, 2.45) is 0 Å². The number of nitrogens with zero attached hydrogens (tertiary/aromatic N) is 3. The lowest BCUT2D eigenvalue weighted by Crippen LogP contribution is -2.56. The number of carbonyl (C=O) groups excluding carboxylic acids is 1. The molecule has 0 saturated carbocycles. The van der Waals surface area contributed by atoms with Crippen LogP contribution in [0.3, 0.4) is 0 Å². The first kappa shape index (κ1) is 31.5. The molecule has 1 aromatic heterocycles. The lowest BCUT2D eigenvalue weighted by molar-refractivity contribution is -0.143. The Labute approximate surface area is 251 Å². The van der Waals surface area contributed by atoms with Crippen LogP contribution in [0.25, 0.3) is 10.8 Å². The van der Waals surface area contributed by atoms with Gasteiger partial charge in [0.1, 0.15) is 0 Å². The third kappa shape index (κ3) is 7.95. The van der Waals surface area contributed by atoms with E-state index in [9.17, 15) is 31.1 Å². The number of hydrogen-bond donors (Lipinski definition) is 1. The van der Waals surface area contributed by atoms with E-state index < -0.39 is 41.0 Å². The quantitative estimate of drug-likeness (QED) is 0.166. The van der Waals surface area contributed by atoms with Crippen molar-refractivity contribution < 1.29 is 31.1 Å². The van der Waals surface area contributed by atoms with Crippen LogP contribution in [-0.4, -0.2) is 59.5 Å². The number of pyridine rings is 1. The van der Waals surface area contributed by atoms with Gasteiger partial charge in [-0.1, -0.05) is 48.5 Å². The highest BCUT2D eigenvalue weighted by molar-refractivity contribution is 5.95. The highest BCUT2D eigenvalue weighted by atomic mass is 19.4. The summed E-state index contributed by atoms with van der Waals surface area (Å²) in [5, 5.41) is 5.42. The molecule has 1 aliphatic rings. The molecule has 1 aliphatic heterocycles. The minimum Gasteiger partial charge on any atom is -0.333 e. The van der Waals surface area contributed by atoms with Gasteiger partial charge in [-0.3, -0.25) is 14.7 Å². The summed E-state index contributed by atoms with van der Waals surface area (Å²) in [5.74, 6) is -0.842. The summed E-state index contributed by atoms with van der Waals surface area (Å²) in [6.45, 7) is 3.21. The molecule has 0 bridgehead atoms. The van der Waals surface area contributed by atoms with Crippen LogP contribution in [0.2, 0.25) is 0 Å². The van der Waals surface area contributed by atoms with E-state index in [1.54, 1.807) is 12.4 Å². The molecule has 1 amide bonds. The number of alkyl halides is 6. The lowest BCUT2D eigenvalue weighted by Gasteiger charge is -2.42. The molecular formula is C33H32F6N4O. The van der Waals surface area contributed by atoms with E-state index in [4.69, 9.17) is 0 Å². The zero-order valence-corrected chi connectivity index (χ0v) is 23.8. The molecule has 3 aromatic carbocycles. The van der Waals surface area contributed by atoms with E-state index in [2.05, 4.69) is 15.2 Å². The molecule has 2 heterocycles. The molecule has 1 saturated heterocycles. The Morgan fingerprint density at radius 2 is 1.57 bits per heavy atom. The zero-order chi connectivity index (χ0) is 31.3. The van der Waals surface area contributed by atoms with Crippen LogP contribution in [0.4, 0.5) is 26.3 Å². The number of nitrogens with one attached hydrogen (secondary N) is 1. The number of piperazine rings is 1. The van der Waals surface area contributed by atoms with Crippen molar-refractivity contribution >= 4 is 16.7 Å². The van der Waals surface area contributed by atoms with Crippen LogP contribution in [-0.2, 0) is 25.3 Å². The maximum Gasteiger partial charge on any atom is 0.416 e. The van der Waals surface area contributed by atoms with E-state index in [-0.39, 0.29) is 12.6 Å². The van der Waals surface area contributed by atoms with Gasteiger partial charge in [0.2, 0.25) is 0 Å². The summed E-state index contributed by atoms with van der Waals surface area (Å²) in [7, 11) is 0. The van der Waals surface area contributed by atoms with E-state index in [1.807, 2.05) is 54.6 Å². The standard InChI is InChI=1S/C33H32F6N4O/c34-32(35,36)28-17-27(18-29(19-28)33(37,38)39)31(44)43-14-13-42(12-4-11-41-21-24-5-3-10-40-20-24)22-30(43)16-23-8-9-25-6-1-2-7-26(25)15-23/h1-3,5-10,15,17-20,30,41H,4,11-14,16,21-22H2/t30-/m1/s1. The third-order valence-electron chi connectivity index (χ3n) is 7.83. The van der Waals surface area contributed by atoms with Crippen LogP contribution in [0.1, 0.15) is 39.0 Å². The Bertz CT molecular complexity index is 1540. The maximum atomic E-state index is 13.7. The summed E-state index contributed by atoms with van der Waals surface area (Å²) in [6, 6.07) is 18.2. The molecule has 0 radical (unpaired) electrons. The van der Waals surface area contributed by atoms with Gasteiger partial charge >= 0.3 is 12.4 Å². The average molecular weight is 615 g/mol. The minimum atomic E-state index is -5.04. The Morgan fingerprint density at radius 3 is 2.25 bits per heavy atom. The highest BCUT2D eigenvalue weighted by Crippen LogP contribution is 2.37. The predicted molar refractivity (Wildman–Crippen MR) is 156 cm³/mol. The van der Waals surface area contributed by atoms with Gasteiger partial charge in [-0.05, 0) is 72.1 Å². The van der Waals surface area contributed by atoms with Crippen molar-refractivity contribution in [3.05, 3.63) is 113 Å².